The minimum Gasteiger partial charge on any atom is -0.508 e. The van der Waals surface area contributed by atoms with E-state index in [1.165, 1.54) is 16.6 Å². The number of para-hydroxylation sites is 2. The van der Waals surface area contributed by atoms with Crippen molar-refractivity contribution < 1.29 is 9.84 Å². The van der Waals surface area contributed by atoms with Gasteiger partial charge in [0.25, 0.3) is 0 Å². The Morgan fingerprint density at radius 2 is 1.62 bits per heavy atom. The molecule has 4 aromatic rings. The van der Waals surface area contributed by atoms with Crippen LogP contribution >= 0.6 is 0 Å². The van der Waals surface area contributed by atoms with Gasteiger partial charge in [0.2, 0.25) is 0 Å². The van der Waals surface area contributed by atoms with Crippen molar-refractivity contribution in [3.63, 3.8) is 0 Å². The Hall–Kier alpha value is -3.20. The molecule has 0 saturated heterocycles. The van der Waals surface area contributed by atoms with Crippen molar-refractivity contribution in [2.45, 2.75) is 13.0 Å². The lowest BCUT2D eigenvalue weighted by molar-refractivity contribution is 0.415. The Morgan fingerprint density at radius 3 is 2.38 bits per heavy atom. The molecule has 0 radical (unpaired) electrons. The highest BCUT2D eigenvalue weighted by molar-refractivity contribution is 5.87. The molecule has 0 spiro atoms. The Balaban J connectivity index is 1.75. The first kappa shape index (κ1) is 16.3. The van der Waals surface area contributed by atoms with Crippen LogP contribution in [0.1, 0.15) is 5.56 Å². The van der Waals surface area contributed by atoms with Gasteiger partial charge in [0.1, 0.15) is 11.5 Å². The van der Waals surface area contributed by atoms with Crippen molar-refractivity contribution in [2.24, 2.45) is 0 Å². The van der Waals surface area contributed by atoms with E-state index in [-0.39, 0.29) is 0 Å². The van der Waals surface area contributed by atoms with Crippen LogP contribution in [0.4, 0.5) is 0 Å². The summed E-state index contributed by atoms with van der Waals surface area (Å²) in [5.41, 5.74) is 4.49. The third-order valence-corrected chi connectivity index (χ3v) is 4.79. The number of phenolic OH excluding ortho intramolecular Hbond substituents is 1. The second-order valence-corrected chi connectivity index (χ2v) is 6.35. The summed E-state index contributed by atoms with van der Waals surface area (Å²) in [6.07, 6.45) is 0.772. The van der Waals surface area contributed by atoms with Crippen LogP contribution in [-0.2, 0) is 13.0 Å². The van der Waals surface area contributed by atoms with Crippen LogP contribution in [0.2, 0.25) is 0 Å². The average Bonchev–Trinajstić information content (AvgIpc) is 3.06. The first-order chi connectivity index (χ1) is 12.8. The summed E-state index contributed by atoms with van der Waals surface area (Å²) < 4.78 is 7.60. The summed E-state index contributed by atoms with van der Waals surface area (Å²) in [7, 11) is 1.68. The van der Waals surface area contributed by atoms with Gasteiger partial charge in [0.05, 0.1) is 7.11 Å². The summed E-state index contributed by atoms with van der Waals surface area (Å²) in [6.45, 7) is 0.798. The SMILES string of the molecule is COc1ccc(-c2cc3ccccc3n2CCc2ccccc2O)cc1. The second kappa shape index (κ2) is 6.96. The first-order valence-corrected chi connectivity index (χ1v) is 8.76. The van der Waals surface area contributed by atoms with Gasteiger partial charge in [-0.2, -0.15) is 0 Å². The quantitative estimate of drug-likeness (QED) is 0.536. The molecule has 0 fully saturated rings. The number of rotatable bonds is 5. The molecule has 0 aliphatic rings. The van der Waals surface area contributed by atoms with Crippen molar-refractivity contribution >= 4 is 10.9 Å². The van der Waals surface area contributed by atoms with Crippen molar-refractivity contribution in [2.75, 3.05) is 7.11 Å². The summed E-state index contributed by atoms with van der Waals surface area (Å²) in [4.78, 5) is 0. The monoisotopic (exact) mass is 343 g/mol. The predicted octanol–water partition coefficient (Wildman–Crippen LogP) is 5.27. The maximum absolute atomic E-state index is 10.1. The van der Waals surface area contributed by atoms with E-state index in [0.29, 0.717) is 5.75 Å². The summed E-state index contributed by atoms with van der Waals surface area (Å²) in [5, 5.41) is 11.3. The highest BCUT2D eigenvalue weighted by Gasteiger charge is 2.11. The summed E-state index contributed by atoms with van der Waals surface area (Å²) in [6, 6.07) is 26.3. The number of aromatic hydroxyl groups is 1. The standard InChI is InChI=1S/C23H21NO2/c1-26-20-12-10-17(11-13-20)22-16-19-7-2-4-8-21(19)24(22)15-14-18-6-3-5-9-23(18)25/h2-13,16,25H,14-15H2,1H3. The maximum Gasteiger partial charge on any atom is 0.118 e. The van der Waals surface area contributed by atoms with Gasteiger partial charge >= 0.3 is 0 Å². The lowest BCUT2D eigenvalue weighted by Gasteiger charge is -2.12. The molecule has 3 aromatic carbocycles. The van der Waals surface area contributed by atoms with Crippen molar-refractivity contribution in [3.05, 3.63) is 84.4 Å². The molecule has 0 aliphatic carbocycles. The fraction of sp³-hybridized carbons (Fsp3) is 0.130. The van der Waals surface area contributed by atoms with E-state index in [2.05, 4.69) is 47.0 Å². The van der Waals surface area contributed by atoms with Crippen molar-refractivity contribution in [1.82, 2.24) is 4.57 Å². The third kappa shape index (κ3) is 3.04. The van der Waals surface area contributed by atoms with E-state index < -0.39 is 0 Å². The van der Waals surface area contributed by atoms with E-state index >= 15 is 0 Å². The minimum absolute atomic E-state index is 0.356. The van der Waals surface area contributed by atoms with Crippen LogP contribution in [0.3, 0.4) is 0 Å². The Labute approximate surface area is 153 Å². The number of aryl methyl sites for hydroxylation is 2. The zero-order chi connectivity index (χ0) is 17.9. The zero-order valence-electron chi connectivity index (χ0n) is 14.7. The molecular weight excluding hydrogens is 322 g/mol. The van der Waals surface area contributed by atoms with E-state index in [0.717, 1.165) is 29.8 Å². The average molecular weight is 343 g/mol. The van der Waals surface area contributed by atoms with E-state index in [4.69, 9.17) is 4.74 Å². The lowest BCUT2D eigenvalue weighted by atomic mass is 10.1. The van der Waals surface area contributed by atoms with Gasteiger partial charge in [0.15, 0.2) is 0 Å². The fourth-order valence-corrected chi connectivity index (χ4v) is 3.41. The first-order valence-electron chi connectivity index (χ1n) is 8.76. The normalized spacial score (nSPS) is 11.0. The number of nitrogens with zero attached hydrogens (tertiary/aromatic N) is 1. The van der Waals surface area contributed by atoms with Crippen LogP contribution in [0.25, 0.3) is 22.2 Å². The van der Waals surface area contributed by atoms with E-state index in [9.17, 15) is 5.11 Å². The number of benzene rings is 3. The molecule has 0 atom stereocenters. The van der Waals surface area contributed by atoms with Gasteiger partial charge < -0.3 is 14.4 Å². The molecule has 3 heteroatoms. The van der Waals surface area contributed by atoms with Crippen LogP contribution in [-0.4, -0.2) is 16.8 Å². The van der Waals surface area contributed by atoms with Crippen LogP contribution in [0.15, 0.2) is 78.9 Å². The third-order valence-electron chi connectivity index (χ3n) is 4.79. The van der Waals surface area contributed by atoms with Gasteiger partial charge in [-0.3, -0.25) is 0 Å². The molecule has 0 amide bonds. The molecule has 1 aromatic heterocycles. The molecule has 4 rings (SSSR count). The number of aromatic nitrogens is 1. The lowest BCUT2D eigenvalue weighted by Crippen LogP contribution is -2.03. The van der Waals surface area contributed by atoms with Crippen LogP contribution < -0.4 is 4.74 Å². The highest BCUT2D eigenvalue weighted by Crippen LogP contribution is 2.30. The number of ether oxygens (including phenoxy) is 1. The number of fused-ring (bicyclic) bond motifs is 1. The molecule has 0 bridgehead atoms. The molecule has 1 heterocycles. The Morgan fingerprint density at radius 1 is 0.885 bits per heavy atom. The van der Waals surface area contributed by atoms with Gasteiger partial charge in [-0.15, -0.1) is 0 Å². The molecule has 3 nitrogen and oxygen atoms in total. The Bertz CT molecular complexity index is 1030. The molecule has 26 heavy (non-hydrogen) atoms. The predicted molar refractivity (Wildman–Crippen MR) is 106 cm³/mol. The number of phenols is 1. The summed E-state index contributed by atoms with van der Waals surface area (Å²) >= 11 is 0. The minimum atomic E-state index is 0.356. The highest BCUT2D eigenvalue weighted by atomic mass is 16.5. The number of hydrogen-bond acceptors (Lipinski definition) is 2. The fourth-order valence-electron chi connectivity index (χ4n) is 3.41. The topological polar surface area (TPSA) is 34.4 Å². The van der Waals surface area contributed by atoms with Gasteiger partial charge in [0, 0.05) is 23.1 Å². The van der Waals surface area contributed by atoms with Gasteiger partial charge in [-0.05, 0) is 60.0 Å². The number of hydrogen-bond donors (Lipinski definition) is 1. The maximum atomic E-state index is 10.1. The largest absolute Gasteiger partial charge is 0.508 e. The van der Waals surface area contributed by atoms with Gasteiger partial charge in [-0.1, -0.05) is 36.4 Å². The molecule has 0 unspecified atom stereocenters. The van der Waals surface area contributed by atoms with Crippen LogP contribution in [0, 0.1) is 0 Å². The molecule has 1 N–H and O–H groups in total. The molecular formula is C23H21NO2. The van der Waals surface area contributed by atoms with Gasteiger partial charge in [-0.25, -0.2) is 0 Å². The van der Waals surface area contributed by atoms with E-state index in [1.54, 1.807) is 13.2 Å². The van der Waals surface area contributed by atoms with E-state index in [1.807, 2.05) is 30.3 Å². The van der Waals surface area contributed by atoms with Crippen LogP contribution in [0.5, 0.6) is 11.5 Å². The summed E-state index contributed by atoms with van der Waals surface area (Å²) in [5.74, 6) is 1.21. The Kier molecular flexibility index (Phi) is 4.36. The second-order valence-electron chi connectivity index (χ2n) is 6.35. The van der Waals surface area contributed by atoms with Crippen molar-refractivity contribution in [3.8, 4) is 22.8 Å². The molecule has 130 valence electrons. The van der Waals surface area contributed by atoms with Crippen molar-refractivity contribution in [1.29, 1.82) is 0 Å². The zero-order valence-corrected chi connectivity index (χ0v) is 14.7. The molecule has 0 aliphatic heterocycles. The smallest absolute Gasteiger partial charge is 0.118 e. The number of methoxy groups -OCH3 is 1. The molecule has 0 saturated carbocycles.